The highest BCUT2D eigenvalue weighted by molar-refractivity contribution is 5.71. The molecule has 3 heterocycles. The Morgan fingerprint density at radius 2 is 2.42 bits per heavy atom. The highest BCUT2D eigenvalue weighted by Crippen LogP contribution is 2.25. The molecule has 1 aliphatic rings. The van der Waals surface area contributed by atoms with Crippen molar-refractivity contribution in [2.75, 3.05) is 36.8 Å². The van der Waals surface area contributed by atoms with Crippen LogP contribution in [0.2, 0.25) is 0 Å². The summed E-state index contributed by atoms with van der Waals surface area (Å²) in [5.41, 5.74) is 1.22. The van der Waals surface area contributed by atoms with Crippen LogP contribution in [0.3, 0.4) is 0 Å². The molecule has 0 saturated carbocycles. The van der Waals surface area contributed by atoms with E-state index in [0.717, 1.165) is 5.69 Å². The number of aliphatic hydroxyl groups excluding tert-OH is 1. The summed E-state index contributed by atoms with van der Waals surface area (Å²) in [4.78, 5) is 21.5. The van der Waals surface area contributed by atoms with Gasteiger partial charge in [0.05, 0.1) is 19.9 Å². The van der Waals surface area contributed by atoms with E-state index < -0.39 is 0 Å². The first-order chi connectivity index (χ1) is 9.20. The van der Waals surface area contributed by atoms with Gasteiger partial charge in [-0.3, -0.25) is 4.79 Å². The Balaban J connectivity index is 1.98. The topological polar surface area (TPSA) is 94.9 Å². The van der Waals surface area contributed by atoms with Gasteiger partial charge in [0.2, 0.25) is 5.78 Å². The molecule has 3 N–H and O–H groups in total. The number of ether oxygens (including phenoxy) is 1. The number of aliphatic hydroxyl groups is 1. The third kappa shape index (κ3) is 1.94. The zero-order valence-electron chi connectivity index (χ0n) is 10.5. The van der Waals surface area contributed by atoms with E-state index >= 15 is 0 Å². The Kier molecular flexibility index (Phi) is 2.88. The molecule has 19 heavy (non-hydrogen) atoms. The summed E-state index contributed by atoms with van der Waals surface area (Å²) in [6.07, 6.45) is 1.72. The van der Waals surface area contributed by atoms with Crippen molar-refractivity contribution < 1.29 is 9.84 Å². The molecule has 102 valence electrons. The largest absolute Gasteiger partial charge is 0.394 e. The summed E-state index contributed by atoms with van der Waals surface area (Å²) in [6, 6.07) is 0. The van der Waals surface area contributed by atoms with Crippen LogP contribution in [0.15, 0.2) is 11.0 Å². The molecule has 0 aromatic carbocycles. The molecule has 8 nitrogen and oxygen atoms in total. The van der Waals surface area contributed by atoms with Gasteiger partial charge in [0, 0.05) is 11.9 Å². The number of aryl methyl sites for hydroxylation is 1. The van der Waals surface area contributed by atoms with Gasteiger partial charge < -0.3 is 25.0 Å². The zero-order valence-corrected chi connectivity index (χ0v) is 10.5. The minimum absolute atomic E-state index is 0.0287. The normalized spacial score (nSPS) is 13.9. The minimum Gasteiger partial charge on any atom is -0.394 e. The Morgan fingerprint density at radius 1 is 1.58 bits per heavy atom. The van der Waals surface area contributed by atoms with Crippen molar-refractivity contribution >= 4 is 17.3 Å². The fourth-order valence-electron chi connectivity index (χ4n) is 2.11. The van der Waals surface area contributed by atoms with Gasteiger partial charge in [0.25, 0.3) is 5.56 Å². The van der Waals surface area contributed by atoms with Crippen LogP contribution in [0.1, 0.15) is 5.69 Å². The molecule has 0 saturated heterocycles. The SMILES string of the molecule is Cc1cn2c(=O)c3c(nc2[nH]1)N(COCCO)CN3. The van der Waals surface area contributed by atoms with Crippen molar-refractivity contribution in [2.24, 2.45) is 0 Å². The molecular formula is C11H15N5O3. The van der Waals surface area contributed by atoms with Gasteiger partial charge >= 0.3 is 0 Å². The first-order valence-electron chi connectivity index (χ1n) is 6.00. The molecule has 2 aromatic heterocycles. The third-order valence-corrected chi connectivity index (χ3v) is 2.96. The van der Waals surface area contributed by atoms with Gasteiger partial charge in [0.15, 0.2) is 5.82 Å². The van der Waals surface area contributed by atoms with E-state index in [1.54, 1.807) is 6.20 Å². The molecule has 0 amide bonds. The van der Waals surface area contributed by atoms with Gasteiger partial charge in [-0.05, 0) is 6.92 Å². The predicted molar refractivity (Wildman–Crippen MR) is 69.4 cm³/mol. The lowest BCUT2D eigenvalue weighted by Crippen LogP contribution is -2.27. The van der Waals surface area contributed by atoms with Crippen molar-refractivity contribution in [1.82, 2.24) is 14.4 Å². The second kappa shape index (κ2) is 4.56. The third-order valence-electron chi connectivity index (χ3n) is 2.96. The number of rotatable bonds is 4. The molecule has 0 fully saturated rings. The van der Waals surface area contributed by atoms with Crippen LogP contribution in [0.4, 0.5) is 11.5 Å². The van der Waals surface area contributed by atoms with E-state index in [1.807, 2.05) is 11.8 Å². The number of nitrogens with zero attached hydrogens (tertiary/aromatic N) is 3. The van der Waals surface area contributed by atoms with Gasteiger partial charge in [-0.15, -0.1) is 0 Å². The first-order valence-corrected chi connectivity index (χ1v) is 6.00. The Hall–Kier alpha value is -2.06. The number of hydrogen-bond acceptors (Lipinski definition) is 6. The van der Waals surface area contributed by atoms with Crippen LogP contribution in [-0.2, 0) is 4.74 Å². The van der Waals surface area contributed by atoms with E-state index in [1.165, 1.54) is 4.40 Å². The van der Waals surface area contributed by atoms with E-state index in [0.29, 0.717) is 24.0 Å². The van der Waals surface area contributed by atoms with E-state index in [2.05, 4.69) is 15.3 Å². The lowest BCUT2D eigenvalue weighted by molar-refractivity contribution is 0.0934. The molecule has 0 unspecified atom stereocenters. The molecule has 0 radical (unpaired) electrons. The highest BCUT2D eigenvalue weighted by Gasteiger charge is 2.25. The van der Waals surface area contributed by atoms with Crippen molar-refractivity contribution in [2.45, 2.75) is 6.92 Å². The van der Waals surface area contributed by atoms with E-state index in [-0.39, 0.29) is 25.5 Å². The number of fused-ring (bicyclic) bond motifs is 2. The Morgan fingerprint density at radius 3 is 3.21 bits per heavy atom. The van der Waals surface area contributed by atoms with Crippen LogP contribution >= 0.6 is 0 Å². The molecule has 3 rings (SSSR count). The molecular weight excluding hydrogens is 250 g/mol. The highest BCUT2D eigenvalue weighted by atomic mass is 16.5. The van der Waals surface area contributed by atoms with Crippen molar-refractivity contribution in [3.63, 3.8) is 0 Å². The van der Waals surface area contributed by atoms with Crippen molar-refractivity contribution in [1.29, 1.82) is 0 Å². The average molecular weight is 265 g/mol. The standard InChI is InChI=1S/C11H15N5O3/c1-7-4-16-10(18)8-9(14-11(16)13-7)15(5-12-8)6-19-3-2-17/h4,12,17H,2-3,5-6H2,1H3,(H,13,14). The second-order valence-electron chi connectivity index (χ2n) is 4.38. The summed E-state index contributed by atoms with van der Waals surface area (Å²) in [5.74, 6) is 1.09. The number of anilines is 2. The number of aromatic nitrogens is 3. The van der Waals surface area contributed by atoms with Crippen LogP contribution in [0.5, 0.6) is 0 Å². The number of hydrogen-bond donors (Lipinski definition) is 3. The molecule has 0 atom stereocenters. The molecule has 8 heteroatoms. The molecule has 0 spiro atoms. The molecule has 0 bridgehead atoms. The summed E-state index contributed by atoms with van der Waals surface area (Å²) in [5, 5.41) is 11.7. The maximum Gasteiger partial charge on any atom is 0.284 e. The number of H-pyrrole nitrogens is 1. The number of nitrogens with one attached hydrogen (secondary N) is 2. The van der Waals surface area contributed by atoms with Crippen LogP contribution in [-0.4, -0.2) is 46.1 Å². The second-order valence-corrected chi connectivity index (χ2v) is 4.38. The number of aromatic amines is 1. The summed E-state index contributed by atoms with van der Waals surface area (Å²) < 4.78 is 6.74. The van der Waals surface area contributed by atoms with E-state index in [4.69, 9.17) is 9.84 Å². The smallest absolute Gasteiger partial charge is 0.284 e. The quantitative estimate of drug-likeness (QED) is 0.644. The predicted octanol–water partition coefficient (Wildman–Crippen LogP) is -0.513. The van der Waals surface area contributed by atoms with E-state index in [9.17, 15) is 4.79 Å². The zero-order chi connectivity index (χ0) is 13.4. The van der Waals surface area contributed by atoms with Gasteiger partial charge in [-0.2, -0.15) is 4.98 Å². The average Bonchev–Trinajstić information content (AvgIpc) is 2.94. The monoisotopic (exact) mass is 265 g/mol. The van der Waals surface area contributed by atoms with Gasteiger partial charge in [-0.1, -0.05) is 0 Å². The first kappa shape index (κ1) is 12.0. The number of imidazole rings is 1. The van der Waals surface area contributed by atoms with Gasteiger partial charge in [-0.25, -0.2) is 4.40 Å². The lowest BCUT2D eigenvalue weighted by atomic mass is 10.4. The maximum absolute atomic E-state index is 12.2. The molecule has 0 aliphatic carbocycles. The minimum atomic E-state index is -0.131. The molecule has 1 aliphatic heterocycles. The summed E-state index contributed by atoms with van der Waals surface area (Å²) >= 11 is 0. The summed E-state index contributed by atoms with van der Waals surface area (Å²) in [7, 11) is 0. The van der Waals surface area contributed by atoms with Gasteiger partial charge in [0.1, 0.15) is 12.4 Å². The summed E-state index contributed by atoms with van der Waals surface area (Å²) in [6.45, 7) is 2.85. The molecule has 2 aromatic rings. The van der Waals surface area contributed by atoms with Crippen molar-refractivity contribution in [3.8, 4) is 0 Å². The Bertz CT molecular complexity index is 662. The maximum atomic E-state index is 12.2. The van der Waals surface area contributed by atoms with Crippen LogP contribution in [0.25, 0.3) is 5.78 Å². The van der Waals surface area contributed by atoms with Crippen molar-refractivity contribution in [3.05, 3.63) is 22.2 Å². The van der Waals surface area contributed by atoms with Crippen LogP contribution < -0.4 is 15.8 Å². The van der Waals surface area contributed by atoms with Crippen LogP contribution in [0, 0.1) is 6.92 Å². The Labute approximate surface area is 108 Å². The fraction of sp³-hybridized carbons (Fsp3) is 0.455. The lowest BCUT2D eigenvalue weighted by Gasteiger charge is -2.16. The fourth-order valence-corrected chi connectivity index (χ4v) is 2.11.